The standard InChI is InChI=1S/C16H12/c1-2-6-12-10-14-8-4-3-7-13-9-11(5-1)15(12)16(13)14/h1-3,5-9H,4,10H2/q+2. The van der Waals surface area contributed by atoms with Crippen LogP contribution in [0.4, 0.5) is 0 Å². The molecular weight excluding hydrogens is 192 g/mol. The van der Waals surface area contributed by atoms with Gasteiger partial charge in [0.25, 0.3) is 0 Å². The normalized spacial score (nSPS) is 19.1. The van der Waals surface area contributed by atoms with Crippen molar-refractivity contribution >= 4 is 11.6 Å². The zero-order chi connectivity index (χ0) is 10.5. The minimum absolute atomic E-state index is 1.08. The molecule has 3 aliphatic rings. The Labute approximate surface area is 95.6 Å². The third-order valence-corrected chi connectivity index (χ3v) is 3.64. The Bertz CT molecular complexity index is 589. The van der Waals surface area contributed by atoms with Crippen molar-refractivity contribution in [3.05, 3.63) is 70.7 Å². The van der Waals surface area contributed by atoms with Gasteiger partial charge < -0.3 is 0 Å². The van der Waals surface area contributed by atoms with Crippen molar-refractivity contribution < 1.29 is 0 Å². The van der Waals surface area contributed by atoms with Gasteiger partial charge >= 0.3 is 0 Å². The van der Waals surface area contributed by atoms with Crippen LogP contribution in [0, 0.1) is 6.42 Å². The largest absolute Gasteiger partial charge is 0.144 e. The van der Waals surface area contributed by atoms with E-state index in [1.165, 1.54) is 33.4 Å². The SMILES string of the molecule is C1=CC2=Cc3c[cH+]ccc4c3C2=C([CH+]C1)C4. The van der Waals surface area contributed by atoms with E-state index in [2.05, 4.69) is 48.9 Å². The Morgan fingerprint density at radius 1 is 1.25 bits per heavy atom. The predicted octanol–water partition coefficient (Wildman–Crippen LogP) is 3.84. The average molecular weight is 204 g/mol. The topological polar surface area (TPSA) is 0 Å². The Morgan fingerprint density at radius 2 is 2.25 bits per heavy atom. The molecule has 0 saturated heterocycles. The van der Waals surface area contributed by atoms with Crippen molar-refractivity contribution in [3.63, 3.8) is 0 Å². The van der Waals surface area contributed by atoms with Gasteiger partial charge in [0.15, 0.2) is 0 Å². The van der Waals surface area contributed by atoms with Crippen LogP contribution in [0.2, 0.25) is 0 Å². The number of rotatable bonds is 0. The van der Waals surface area contributed by atoms with E-state index in [9.17, 15) is 0 Å². The first-order valence-electron chi connectivity index (χ1n) is 5.84. The van der Waals surface area contributed by atoms with Crippen molar-refractivity contribution in [3.8, 4) is 0 Å². The Kier molecular flexibility index (Phi) is 1.49. The highest BCUT2D eigenvalue weighted by atomic mass is 14.3. The van der Waals surface area contributed by atoms with E-state index in [0.717, 1.165) is 12.8 Å². The van der Waals surface area contributed by atoms with Crippen molar-refractivity contribution in [2.24, 2.45) is 0 Å². The molecule has 0 amide bonds. The molecule has 0 heteroatoms. The third-order valence-electron chi connectivity index (χ3n) is 3.64. The molecule has 0 aromatic heterocycles. The van der Waals surface area contributed by atoms with Crippen molar-refractivity contribution in [2.45, 2.75) is 12.8 Å². The summed E-state index contributed by atoms with van der Waals surface area (Å²) >= 11 is 0. The first-order valence-corrected chi connectivity index (χ1v) is 5.84. The van der Waals surface area contributed by atoms with Crippen LogP contribution >= 0.6 is 0 Å². The summed E-state index contributed by atoms with van der Waals surface area (Å²) < 4.78 is 0. The molecule has 1 aromatic carbocycles. The molecule has 0 aliphatic heterocycles. The fraction of sp³-hybridized carbons (Fsp3) is 0.125. The molecule has 0 spiro atoms. The van der Waals surface area contributed by atoms with Gasteiger partial charge in [-0.25, -0.2) is 0 Å². The van der Waals surface area contributed by atoms with E-state index in [0.29, 0.717) is 0 Å². The molecule has 0 fully saturated rings. The fourth-order valence-electron chi connectivity index (χ4n) is 2.99. The molecule has 0 nitrogen and oxygen atoms in total. The maximum absolute atomic E-state index is 2.38. The van der Waals surface area contributed by atoms with Gasteiger partial charge in [0.05, 0.1) is 35.6 Å². The molecule has 0 saturated carbocycles. The Morgan fingerprint density at radius 3 is 3.25 bits per heavy atom. The van der Waals surface area contributed by atoms with Gasteiger partial charge in [-0.15, -0.1) is 0 Å². The van der Waals surface area contributed by atoms with Crippen LogP contribution in [-0.2, 0) is 6.42 Å². The van der Waals surface area contributed by atoms with Crippen LogP contribution in [0.25, 0.3) is 11.6 Å². The lowest BCUT2D eigenvalue weighted by Crippen LogP contribution is -1.84. The first kappa shape index (κ1) is 8.35. The van der Waals surface area contributed by atoms with Crippen molar-refractivity contribution in [2.75, 3.05) is 0 Å². The van der Waals surface area contributed by atoms with E-state index in [-0.39, 0.29) is 0 Å². The Balaban J connectivity index is 2.10. The number of hydrogen-bond donors (Lipinski definition) is 0. The summed E-state index contributed by atoms with van der Waals surface area (Å²) in [6.07, 6.45) is 11.4. The van der Waals surface area contributed by atoms with Crippen LogP contribution in [-0.4, -0.2) is 0 Å². The molecule has 0 heterocycles. The quantitative estimate of drug-likeness (QED) is 0.563. The summed E-state index contributed by atoms with van der Waals surface area (Å²) in [6.45, 7) is 0. The average Bonchev–Trinajstić information content (AvgIpc) is 2.65. The summed E-state index contributed by atoms with van der Waals surface area (Å²) in [5.74, 6) is 0. The maximum Gasteiger partial charge on any atom is 0.144 e. The van der Waals surface area contributed by atoms with Gasteiger partial charge in [-0.3, -0.25) is 0 Å². The lowest BCUT2D eigenvalue weighted by Gasteiger charge is -1.88. The van der Waals surface area contributed by atoms with Crippen LogP contribution in [0.3, 0.4) is 0 Å². The maximum atomic E-state index is 2.38. The summed E-state index contributed by atoms with van der Waals surface area (Å²) in [6, 6.07) is 8.79. The van der Waals surface area contributed by atoms with Gasteiger partial charge in [-0.1, -0.05) is 6.08 Å². The van der Waals surface area contributed by atoms with Crippen LogP contribution in [0.15, 0.2) is 47.6 Å². The summed E-state index contributed by atoms with van der Waals surface area (Å²) in [7, 11) is 0. The van der Waals surface area contributed by atoms with Crippen molar-refractivity contribution in [1.82, 2.24) is 0 Å². The third kappa shape index (κ3) is 0.943. The molecule has 0 N–H and O–H groups in total. The first-order chi connectivity index (χ1) is 7.93. The lowest BCUT2D eigenvalue weighted by atomic mass is 10.0. The van der Waals surface area contributed by atoms with Gasteiger partial charge in [0.1, 0.15) is 16.7 Å². The van der Waals surface area contributed by atoms with Gasteiger partial charge in [-0.2, -0.15) is 0 Å². The van der Waals surface area contributed by atoms with E-state index < -0.39 is 0 Å². The molecule has 1 aromatic rings. The van der Waals surface area contributed by atoms with Gasteiger partial charge in [0.2, 0.25) is 0 Å². The zero-order valence-electron chi connectivity index (χ0n) is 9.03. The highest BCUT2D eigenvalue weighted by Crippen LogP contribution is 2.47. The minimum Gasteiger partial charge on any atom is -0.0589 e. The molecule has 0 atom stereocenters. The fourth-order valence-corrected chi connectivity index (χ4v) is 2.99. The van der Waals surface area contributed by atoms with Gasteiger partial charge in [-0.05, 0) is 6.08 Å². The number of hydrogen-bond acceptors (Lipinski definition) is 0. The molecule has 16 heavy (non-hydrogen) atoms. The van der Waals surface area contributed by atoms with E-state index >= 15 is 0 Å². The van der Waals surface area contributed by atoms with E-state index in [1.807, 2.05) is 0 Å². The summed E-state index contributed by atoms with van der Waals surface area (Å²) in [5, 5.41) is 0. The zero-order valence-corrected chi connectivity index (χ0v) is 9.03. The molecule has 0 unspecified atom stereocenters. The lowest BCUT2D eigenvalue weighted by molar-refractivity contribution is 1.14. The predicted molar refractivity (Wildman–Crippen MR) is 67.5 cm³/mol. The second kappa shape index (κ2) is 2.85. The van der Waals surface area contributed by atoms with E-state index in [1.54, 1.807) is 0 Å². The number of allylic oxidation sites excluding steroid dienone is 5. The summed E-state index contributed by atoms with van der Waals surface area (Å²) in [5.41, 5.74) is 8.79. The van der Waals surface area contributed by atoms with Crippen LogP contribution in [0.5, 0.6) is 0 Å². The molecule has 0 bridgehead atoms. The van der Waals surface area contributed by atoms with Crippen molar-refractivity contribution in [1.29, 1.82) is 0 Å². The molecule has 0 radical (unpaired) electrons. The molecule has 3 aliphatic carbocycles. The monoisotopic (exact) mass is 204 g/mol. The van der Waals surface area contributed by atoms with E-state index in [4.69, 9.17) is 0 Å². The molecule has 4 rings (SSSR count). The summed E-state index contributed by atoms with van der Waals surface area (Å²) in [4.78, 5) is 0. The smallest absolute Gasteiger partial charge is 0.0589 e. The molecule has 74 valence electrons. The van der Waals surface area contributed by atoms with Crippen LogP contribution in [0.1, 0.15) is 23.1 Å². The molecular formula is C16H12+2. The highest BCUT2D eigenvalue weighted by molar-refractivity contribution is 6.02. The van der Waals surface area contributed by atoms with Gasteiger partial charge in [0, 0.05) is 30.7 Å². The second-order valence-electron chi connectivity index (χ2n) is 4.59. The minimum atomic E-state index is 1.08. The Hall–Kier alpha value is -1.82. The van der Waals surface area contributed by atoms with Crippen LogP contribution < -0.4 is 0 Å². The highest BCUT2D eigenvalue weighted by Gasteiger charge is 2.40. The second-order valence-corrected chi connectivity index (χ2v) is 4.59.